The van der Waals surface area contributed by atoms with Crippen molar-refractivity contribution in [2.45, 2.75) is 45.6 Å². The molecule has 0 bridgehead atoms. The highest BCUT2D eigenvalue weighted by atomic mass is 16.2. The SMILES string of the molecule is Cc1ccc(C(=O)N(CC2CCCNC2)C2CC2)cc1C. The van der Waals surface area contributed by atoms with Gasteiger partial charge < -0.3 is 10.2 Å². The lowest BCUT2D eigenvalue weighted by Gasteiger charge is -2.30. The fraction of sp³-hybridized carbons (Fsp3) is 0.611. The summed E-state index contributed by atoms with van der Waals surface area (Å²) in [5, 5.41) is 3.46. The smallest absolute Gasteiger partial charge is 0.254 e. The summed E-state index contributed by atoms with van der Waals surface area (Å²) in [6.45, 7) is 7.28. The van der Waals surface area contributed by atoms with E-state index in [4.69, 9.17) is 0 Å². The first-order chi connectivity index (χ1) is 10.1. The van der Waals surface area contributed by atoms with E-state index < -0.39 is 0 Å². The van der Waals surface area contributed by atoms with Gasteiger partial charge in [-0.25, -0.2) is 0 Å². The molecular weight excluding hydrogens is 260 g/mol. The second-order valence-electron chi connectivity index (χ2n) is 6.70. The summed E-state index contributed by atoms with van der Waals surface area (Å²) < 4.78 is 0. The lowest BCUT2D eigenvalue weighted by atomic mass is 9.98. The quantitative estimate of drug-likeness (QED) is 0.923. The van der Waals surface area contributed by atoms with Gasteiger partial charge in [0.05, 0.1) is 0 Å². The molecule has 1 atom stereocenters. The van der Waals surface area contributed by atoms with E-state index in [2.05, 4.69) is 30.1 Å². The number of rotatable bonds is 4. The van der Waals surface area contributed by atoms with E-state index in [1.165, 1.54) is 36.8 Å². The summed E-state index contributed by atoms with van der Waals surface area (Å²) in [6, 6.07) is 6.59. The second-order valence-corrected chi connectivity index (χ2v) is 6.70. The van der Waals surface area contributed by atoms with E-state index in [9.17, 15) is 4.79 Å². The van der Waals surface area contributed by atoms with Crippen molar-refractivity contribution in [2.75, 3.05) is 19.6 Å². The molecule has 0 aromatic heterocycles. The van der Waals surface area contributed by atoms with Gasteiger partial charge >= 0.3 is 0 Å². The molecule has 1 unspecified atom stereocenters. The molecule has 0 spiro atoms. The fourth-order valence-electron chi connectivity index (χ4n) is 3.18. The van der Waals surface area contributed by atoms with E-state index in [0.717, 1.165) is 25.2 Å². The van der Waals surface area contributed by atoms with E-state index in [1.54, 1.807) is 0 Å². The number of nitrogens with one attached hydrogen (secondary N) is 1. The van der Waals surface area contributed by atoms with Gasteiger partial charge in [0.2, 0.25) is 0 Å². The van der Waals surface area contributed by atoms with E-state index in [1.807, 2.05) is 12.1 Å². The third-order valence-corrected chi connectivity index (χ3v) is 4.86. The molecular formula is C18H26N2O. The molecule has 1 aliphatic heterocycles. The molecule has 21 heavy (non-hydrogen) atoms. The highest BCUT2D eigenvalue weighted by Gasteiger charge is 2.34. The Bertz CT molecular complexity index is 516. The summed E-state index contributed by atoms with van der Waals surface area (Å²) in [7, 11) is 0. The number of amides is 1. The van der Waals surface area contributed by atoms with Crippen molar-refractivity contribution >= 4 is 5.91 Å². The van der Waals surface area contributed by atoms with Gasteiger partial charge in [-0.2, -0.15) is 0 Å². The molecule has 0 radical (unpaired) electrons. The predicted molar refractivity (Wildman–Crippen MR) is 85.6 cm³/mol. The molecule has 2 fully saturated rings. The van der Waals surface area contributed by atoms with Crippen LogP contribution < -0.4 is 5.32 Å². The van der Waals surface area contributed by atoms with Crippen LogP contribution in [0.2, 0.25) is 0 Å². The van der Waals surface area contributed by atoms with Crippen molar-refractivity contribution < 1.29 is 4.79 Å². The Labute approximate surface area is 127 Å². The molecule has 1 heterocycles. The van der Waals surface area contributed by atoms with Crippen LogP contribution in [0.25, 0.3) is 0 Å². The van der Waals surface area contributed by atoms with Gasteiger partial charge in [0.15, 0.2) is 0 Å². The number of benzene rings is 1. The maximum absolute atomic E-state index is 12.9. The maximum Gasteiger partial charge on any atom is 0.254 e. The van der Waals surface area contributed by atoms with Crippen molar-refractivity contribution in [2.24, 2.45) is 5.92 Å². The molecule has 114 valence electrons. The fourth-order valence-corrected chi connectivity index (χ4v) is 3.18. The highest BCUT2D eigenvalue weighted by molar-refractivity contribution is 5.95. The van der Waals surface area contributed by atoms with Crippen molar-refractivity contribution in [1.82, 2.24) is 10.2 Å². The highest BCUT2D eigenvalue weighted by Crippen LogP contribution is 2.30. The zero-order valence-corrected chi connectivity index (χ0v) is 13.2. The minimum atomic E-state index is 0.228. The average molecular weight is 286 g/mol. The molecule has 1 aliphatic carbocycles. The van der Waals surface area contributed by atoms with E-state index in [-0.39, 0.29) is 5.91 Å². The average Bonchev–Trinajstić information content (AvgIpc) is 3.33. The van der Waals surface area contributed by atoms with Crippen LogP contribution in [-0.2, 0) is 0 Å². The first-order valence-corrected chi connectivity index (χ1v) is 8.24. The summed E-state index contributed by atoms with van der Waals surface area (Å²) in [6.07, 6.45) is 4.84. The topological polar surface area (TPSA) is 32.3 Å². The first kappa shape index (κ1) is 14.6. The van der Waals surface area contributed by atoms with Crippen molar-refractivity contribution in [3.8, 4) is 0 Å². The monoisotopic (exact) mass is 286 g/mol. The van der Waals surface area contributed by atoms with Crippen LogP contribution in [0.15, 0.2) is 18.2 Å². The predicted octanol–water partition coefficient (Wildman–Crippen LogP) is 2.91. The van der Waals surface area contributed by atoms with Crippen molar-refractivity contribution in [3.05, 3.63) is 34.9 Å². The number of aryl methyl sites for hydroxylation is 2. The molecule has 1 aromatic carbocycles. The van der Waals surface area contributed by atoms with Crippen LogP contribution in [0.3, 0.4) is 0 Å². The van der Waals surface area contributed by atoms with Crippen LogP contribution in [-0.4, -0.2) is 36.5 Å². The summed E-state index contributed by atoms with van der Waals surface area (Å²) >= 11 is 0. The van der Waals surface area contributed by atoms with Crippen molar-refractivity contribution in [1.29, 1.82) is 0 Å². The lowest BCUT2D eigenvalue weighted by molar-refractivity contribution is 0.0704. The van der Waals surface area contributed by atoms with Crippen LogP contribution in [0.4, 0.5) is 0 Å². The van der Waals surface area contributed by atoms with Crippen LogP contribution >= 0.6 is 0 Å². The minimum Gasteiger partial charge on any atom is -0.335 e. The van der Waals surface area contributed by atoms with Gasteiger partial charge in [0.25, 0.3) is 5.91 Å². The Morgan fingerprint density at radius 2 is 2.05 bits per heavy atom. The van der Waals surface area contributed by atoms with Gasteiger partial charge in [-0.1, -0.05) is 6.07 Å². The van der Waals surface area contributed by atoms with Gasteiger partial charge in [-0.05, 0) is 81.8 Å². The summed E-state index contributed by atoms with van der Waals surface area (Å²) in [5.41, 5.74) is 3.31. The lowest BCUT2D eigenvalue weighted by Crippen LogP contribution is -2.42. The zero-order valence-electron chi connectivity index (χ0n) is 13.2. The Morgan fingerprint density at radius 3 is 2.67 bits per heavy atom. The van der Waals surface area contributed by atoms with Gasteiger partial charge in [0.1, 0.15) is 0 Å². The number of carbonyl (C=O) groups is 1. The molecule has 1 saturated heterocycles. The number of hydrogen-bond donors (Lipinski definition) is 1. The van der Waals surface area contributed by atoms with Crippen LogP contribution in [0, 0.1) is 19.8 Å². The Morgan fingerprint density at radius 1 is 1.24 bits per heavy atom. The Hall–Kier alpha value is -1.35. The largest absolute Gasteiger partial charge is 0.335 e. The molecule has 3 heteroatoms. The number of nitrogens with zero attached hydrogens (tertiary/aromatic N) is 1. The molecule has 3 rings (SSSR count). The molecule has 1 aromatic rings. The van der Waals surface area contributed by atoms with Gasteiger partial charge in [0, 0.05) is 18.2 Å². The number of carbonyl (C=O) groups excluding carboxylic acids is 1. The minimum absolute atomic E-state index is 0.228. The summed E-state index contributed by atoms with van der Waals surface area (Å²) in [5.74, 6) is 0.848. The third kappa shape index (κ3) is 3.46. The number of piperidine rings is 1. The second kappa shape index (κ2) is 6.18. The van der Waals surface area contributed by atoms with Crippen molar-refractivity contribution in [3.63, 3.8) is 0 Å². The molecule has 1 amide bonds. The van der Waals surface area contributed by atoms with Gasteiger partial charge in [-0.15, -0.1) is 0 Å². The first-order valence-electron chi connectivity index (χ1n) is 8.24. The molecule has 1 N–H and O–H groups in total. The molecule has 1 saturated carbocycles. The standard InChI is InChI=1S/C18H26N2O/c1-13-5-6-16(10-14(13)2)18(21)20(17-7-8-17)12-15-4-3-9-19-11-15/h5-6,10,15,17,19H,3-4,7-9,11-12H2,1-2H3. The van der Waals surface area contributed by atoms with Crippen LogP contribution in [0.1, 0.15) is 47.2 Å². The summed E-state index contributed by atoms with van der Waals surface area (Å²) in [4.78, 5) is 15.0. The third-order valence-electron chi connectivity index (χ3n) is 4.86. The number of hydrogen-bond acceptors (Lipinski definition) is 2. The molecule has 2 aliphatic rings. The van der Waals surface area contributed by atoms with Gasteiger partial charge in [-0.3, -0.25) is 4.79 Å². The molecule has 3 nitrogen and oxygen atoms in total. The normalized spacial score (nSPS) is 22.1. The maximum atomic E-state index is 12.9. The van der Waals surface area contributed by atoms with E-state index >= 15 is 0 Å². The Kier molecular flexibility index (Phi) is 4.29. The Balaban J connectivity index is 1.73. The van der Waals surface area contributed by atoms with E-state index in [0.29, 0.717) is 12.0 Å². The van der Waals surface area contributed by atoms with Crippen LogP contribution in [0.5, 0.6) is 0 Å². The zero-order chi connectivity index (χ0) is 14.8.